The Hall–Kier alpha value is -1.38. The molecule has 0 rings (SSSR count). The largest absolute Gasteiger partial charge is 0.392 e. The normalized spacial score (nSPS) is 10.8. The Morgan fingerprint density at radius 2 is 1.67 bits per heavy atom. The van der Waals surface area contributed by atoms with Gasteiger partial charge in [-0.1, -0.05) is 12.2 Å². The molecule has 0 saturated carbocycles. The second-order valence-corrected chi connectivity index (χ2v) is 4.00. The fourth-order valence-electron chi connectivity index (χ4n) is 0.980. The lowest BCUT2D eigenvalue weighted by molar-refractivity contribution is -0.139. The smallest absolute Gasteiger partial charge is 0.389 e. The van der Waals surface area contributed by atoms with Crippen LogP contribution in [0.4, 0.5) is 13.2 Å². The third-order valence-corrected chi connectivity index (χ3v) is 1.95. The van der Waals surface area contributed by atoms with E-state index in [2.05, 4.69) is 22.9 Å². The van der Waals surface area contributed by atoms with Gasteiger partial charge in [0, 0.05) is 13.0 Å². The fraction of sp³-hybridized carbons (Fsp3) is 0.667. The zero-order valence-electron chi connectivity index (χ0n) is 9.47. The first kappa shape index (κ1) is 16.6. The molecule has 0 atom stereocenters. The number of amides is 2. The number of thiocarbonyl (C=S) groups is 1. The first-order chi connectivity index (χ1) is 8.22. The van der Waals surface area contributed by atoms with Crippen LogP contribution >= 0.6 is 12.2 Å². The van der Waals surface area contributed by atoms with Crippen LogP contribution in [-0.4, -0.2) is 36.1 Å². The third-order valence-electron chi connectivity index (χ3n) is 1.80. The van der Waals surface area contributed by atoms with Gasteiger partial charge in [0.15, 0.2) is 0 Å². The molecule has 0 aromatic carbocycles. The quantitative estimate of drug-likeness (QED) is 0.371. The van der Waals surface area contributed by atoms with E-state index in [1.54, 1.807) is 0 Å². The van der Waals surface area contributed by atoms with Crippen molar-refractivity contribution >= 4 is 29.0 Å². The molecule has 0 fully saturated rings. The standard InChI is InChI=1S/C9H14F3N3O2S/c10-9(11,12)3-1-2-4-14-7(16)8(17)15-5-6(13)18/h1-5H2,(H2,13,18)(H,14,16)(H,15,17). The minimum absolute atomic E-state index is 0.00933. The molecule has 0 aliphatic heterocycles. The number of hydrogen-bond acceptors (Lipinski definition) is 3. The molecule has 0 heterocycles. The second-order valence-electron chi connectivity index (χ2n) is 3.48. The van der Waals surface area contributed by atoms with Crippen LogP contribution in [0, 0.1) is 0 Å². The molecule has 4 N–H and O–H groups in total. The Balaban J connectivity index is 3.64. The van der Waals surface area contributed by atoms with E-state index in [0.29, 0.717) is 0 Å². The summed E-state index contributed by atoms with van der Waals surface area (Å²) in [5, 5.41) is 4.34. The Labute approximate surface area is 107 Å². The molecule has 0 aliphatic carbocycles. The number of rotatable bonds is 6. The lowest BCUT2D eigenvalue weighted by Gasteiger charge is -2.07. The zero-order valence-corrected chi connectivity index (χ0v) is 10.3. The van der Waals surface area contributed by atoms with E-state index in [1.165, 1.54) is 0 Å². The van der Waals surface area contributed by atoms with Crippen LogP contribution in [0.3, 0.4) is 0 Å². The summed E-state index contributed by atoms with van der Waals surface area (Å²) in [7, 11) is 0. The van der Waals surface area contributed by atoms with Gasteiger partial charge < -0.3 is 16.4 Å². The summed E-state index contributed by atoms with van der Waals surface area (Å²) in [6, 6.07) is 0. The Morgan fingerprint density at radius 3 is 2.17 bits per heavy atom. The highest BCUT2D eigenvalue weighted by Crippen LogP contribution is 2.21. The number of alkyl halides is 3. The average Bonchev–Trinajstić information content (AvgIpc) is 2.23. The summed E-state index contributed by atoms with van der Waals surface area (Å²) in [5.74, 6) is -1.84. The monoisotopic (exact) mass is 285 g/mol. The van der Waals surface area contributed by atoms with Crippen LogP contribution < -0.4 is 16.4 Å². The maximum Gasteiger partial charge on any atom is 0.389 e. The summed E-state index contributed by atoms with van der Waals surface area (Å²) in [6.45, 7) is -0.0922. The SMILES string of the molecule is NC(=S)CNC(=O)C(=O)NCCCCC(F)(F)F. The molecule has 0 radical (unpaired) electrons. The maximum atomic E-state index is 11.8. The van der Waals surface area contributed by atoms with Gasteiger partial charge in [-0.3, -0.25) is 9.59 Å². The van der Waals surface area contributed by atoms with Crippen molar-refractivity contribution in [2.24, 2.45) is 5.73 Å². The van der Waals surface area contributed by atoms with Gasteiger partial charge in [-0.15, -0.1) is 0 Å². The molecule has 0 unspecified atom stereocenters. The van der Waals surface area contributed by atoms with Crippen molar-refractivity contribution in [2.75, 3.05) is 13.1 Å². The van der Waals surface area contributed by atoms with Crippen molar-refractivity contribution in [1.82, 2.24) is 10.6 Å². The van der Waals surface area contributed by atoms with Crippen LogP contribution in [-0.2, 0) is 9.59 Å². The van der Waals surface area contributed by atoms with E-state index in [0.717, 1.165) is 0 Å². The number of nitrogens with two attached hydrogens (primary N) is 1. The van der Waals surface area contributed by atoms with Crippen molar-refractivity contribution < 1.29 is 22.8 Å². The highest BCUT2D eigenvalue weighted by atomic mass is 32.1. The van der Waals surface area contributed by atoms with Gasteiger partial charge in [-0.05, 0) is 12.8 Å². The number of halogens is 3. The lowest BCUT2D eigenvalue weighted by atomic mass is 10.2. The minimum atomic E-state index is -4.20. The Morgan fingerprint density at radius 1 is 1.11 bits per heavy atom. The van der Waals surface area contributed by atoms with Gasteiger partial charge in [-0.25, -0.2) is 0 Å². The van der Waals surface area contributed by atoms with Crippen LogP contribution in [0.25, 0.3) is 0 Å². The topological polar surface area (TPSA) is 84.2 Å². The van der Waals surface area contributed by atoms with Crippen molar-refractivity contribution in [3.8, 4) is 0 Å². The number of hydrogen-bond donors (Lipinski definition) is 3. The van der Waals surface area contributed by atoms with Crippen molar-refractivity contribution in [2.45, 2.75) is 25.4 Å². The van der Waals surface area contributed by atoms with Crippen molar-refractivity contribution in [3.63, 3.8) is 0 Å². The van der Waals surface area contributed by atoms with Gasteiger partial charge in [0.05, 0.1) is 11.5 Å². The van der Waals surface area contributed by atoms with Gasteiger partial charge in [0.25, 0.3) is 0 Å². The summed E-state index contributed by atoms with van der Waals surface area (Å²) in [4.78, 5) is 22.2. The molecule has 0 saturated heterocycles. The molecule has 0 aliphatic rings. The lowest BCUT2D eigenvalue weighted by Crippen LogP contribution is -2.43. The molecule has 0 spiro atoms. The van der Waals surface area contributed by atoms with Crippen LogP contribution in [0.5, 0.6) is 0 Å². The van der Waals surface area contributed by atoms with Gasteiger partial charge in [0.2, 0.25) is 0 Å². The van der Waals surface area contributed by atoms with Gasteiger partial charge in [0.1, 0.15) is 0 Å². The first-order valence-corrected chi connectivity index (χ1v) is 5.54. The number of carbonyl (C=O) groups excluding carboxylic acids is 2. The van der Waals surface area contributed by atoms with Crippen LogP contribution in [0.1, 0.15) is 19.3 Å². The third kappa shape index (κ3) is 9.82. The van der Waals surface area contributed by atoms with Gasteiger partial charge >= 0.3 is 18.0 Å². The molecule has 0 aromatic heterocycles. The fourth-order valence-corrected chi connectivity index (χ4v) is 1.05. The molecule has 9 heteroatoms. The predicted octanol–water partition coefficient (Wildman–Crippen LogP) is 0.237. The Bertz CT molecular complexity index is 321. The summed E-state index contributed by atoms with van der Waals surface area (Å²) in [6.07, 6.45) is -5.05. The first-order valence-electron chi connectivity index (χ1n) is 5.13. The molecule has 5 nitrogen and oxygen atoms in total. The minimum Gasteiger partial charge on any atom is -0.392 e. The van der Waals surface area contributed by atoms with Crippen molar-refractivity contribution in [3.05, 3.63) is 0 Å². The molecule has 2 amide bonds. The summed E-state index contributed by atoms with van der Waals surface area (Å²) in [5.41, 5.74) is 5.10. The number of carbonyl (C=O) groups is 2. The van der Waals surface area contributed by atoms with E-state index < -0.39 is 24.4 Å². The van der Waals surface area contributed by atoms with Crippen molar-refractivity contribution in [1.29, 1.82) is 0 Å². The van der Waals surface area contributed by atoms with E-state index in [1.807, 2.05) is 0 Å². The molecule has 18 heavy (non-hydrogen) atoms. The van der Waals surface area contributed by atoms with E-state index in [4.69, 9.17) is 5.73 Å². The summed E-state index contributed by atoms with van der Waals surface area (Å²) < 4.78 is 35.3. The van der Waals surface area contributed by atoms with Crippen LogP contribution in [0.2, 0.25) is 0 Å². The van der Waals surface area contributed by atoms with Gasteiger partial charge in [-0.2, -0.15) is 13.2 Å². The average molecular weight is 285 g/mol. The van der Waals surface area contributed by atoms with Crippen LogP contribution in [0.15, 0.2) is 0 Å². The maximum absolute atomic E-state index is 11.8. The Kier molecular flexibility index (Phi) is 7.25. The summed E-state index contributed by atoms with van der Waals surface area (Å²) >= 11 is 4.48. The second kappa shape index (κ2) is 7.85. The number of unbranched alkanes of at least 4 members (excludes halogenated alkanes) is 1. The highest BCUT2D eigenvalue weighted by Gasteiger charge is 2.25. The molecule has 0 aromatic rings. The van der Waals surface area contributed by atoms with E-state index in [9.17, 15) is 22.8 Å². The molecular weight excluding hydrogens is 271 g/mol. The highest BCUT2D eigenvalue weighted by molar-refractivity contribution is 7.80. The molecular formula is C9H14F3N3O2S. The van der Waals surface area contributed by atoms with E-state index in [-0.39, 0.29) is 30.9 Å². The van der Waals surface area contributed by atoms with E-state index >= 15 is 0 Å². The zero-order chi connectivity index (χ0) is 14.2. The molecule has 0 bridgehead atoms. The number of nitrogens with one attached hydrogen (secondary N) is 2. The molecule has 104 valence electrons. The predicted molar refractivity (Wildman–Crippen MR) is 62.7 cm³/mol.